The molecule has 1 aliphatic rings. The highest BCUT2D eigenvalue weighted by Gasteiger charge is 2.21. The van der Waals surface area contributed by atoms with Gasteiger partial charge in [0.1, 0.15) is 0 Å². The van der Waals surface area contributed by atoms with Crippen molar-refractivity contribution in [3.63, 3.8) is 0 Å². The summed E-state index contributed by atoms with van der Waals surface area (Å²) in [5.74, 6) is -0.461. The van der Waals surface area contributed by atoms with Crippen molar-refractivity contribution in [2.24, 2.45) is 5.73 Å². The number of hydrogen-bond donors (Lipinski definition) is 3. The number of carbonyl (C=O) groups excluding carboxylic acids is 1. The maximum Gasteiger partial charge on any atom is 0.250 e. The van der Waals surface area contributed by atoms with Crippen LogP contribution in [0.25, 0.3) is 11.1 Å². The van der Waals surface area contributed by atoms with E-state index in [1.54, 1.807) is 6.07 Å². The van der Waals surface area contributed by atoms with Gasteiger partial charge in [-0.1, -0.05) is 29.8 Å². The Morgan fingerprint density at radius 1 is 1.08 bits per heavy atom. The minimum atomic E-state index is -0.461. The van der Waals surface area contributed by atoms with E-state index < -0.39 is 5.91 Å². The zero-order valence-electron chi connectivity index (χ0n) is 13.3. The molecule has 1 saturated carbocycles. The van der Waals surface area contributed by atoms with Crippen LogP contribution < -0.4 is 11.1 Å². The van der Waals surface area contributed by atoms with Crippen LogP contribution in [-0.2, 0) is 0 Å². The molecule has 0 aromatic heterocycles. The van der Waals surface area contributed by atoms with Gasteiger partial charge >= 0.3 is 0 Å². The molecule has 1 amide bonds. The number of nitrogens with two attached hydrogens (primary N) is 1. The number of primary amides is 1. The van der Waals surface area contributed by atoms with Crippen molar-refractivity contribution < 1.29 is 9.90 Å². The highest BCUT2D eigenvalue weighted by Crippen LogP contribution is 2.29. The lowest BCUT2D eigenvalue weighted by Gasteiger charge is -2.27. The lowest BCUT2D eigenvalue weighted by atomic mass is 9.92. The van der Waals surface area contributed by atoms with E-state index in [0.29, 0.717) is 10.6 Å². The van der Waals surface area contributed by atoms with Crippen molar-refractivity contribution in [2.75, 3.05) is 5.32 Å². The van der Waals surface area contributed by atoms with Crippen LogP contribution >= 0.6 is 11.6 Å². The lowest BCUT2D eigenvalue weighted by molar-refractivity contribution is 0.100. The van der Waals surface area contributed by atoms with Gasteiger partial charge in [-0.25, -0.2) is 0 Å². The van der Waals surface area contributed by atoms with Crippen LogP contribution in [0.1, 0.15) is 36.0 Å². The largest absolute Gasteiger partial charge is 0.393 e. The molecule has 0 atom stereocenters. The molecule has 4 nitrogen and oxygen atoms in total. The Bertz CT molecular complexity index is 740. The second-order valence-corrected chi connectivity index (χ2v) is 6.72. The summed E-state index contributed by atoms with van der Waals surface area (Å²) in [6, 6.07) is 13.4. The monoisotopic (exact) mass is 344 g/mol. The normalized spacial score (nSPS) is 20.6. The van der Waals surface area contributed by atoms with Gasteiger partial charge in [-0.2, -0.15) is 0 Å². The van der Waals surface area contributed by atoms with Gasteiger partial charge in [0.2, 0.25) is 0 Å². The van der Waals surface area contributed by atoms with Crippen LogP contribution in [0, 0.1) is 0 Å². The second kappa shape index (κ2) is 7.24. The minimum Gasteiger partial charge on any atom is -0.393 e. The topological polar surface area (TPSA) is 75.4 Å². The molecule has 126 valence electrons. The number of aliphatic hydroxyl groups excluding tert-OH is 1. The van der Waals surface area contributed by atoms with E-state index in [4.69, 9.17) is 17.3 Å². The third-order valence-electron chi connectivity index (χ3n) is 4.50. The number of nitrogens with one attached hydrogen (secondary N) is 1. The first-order valence-corrected chi connectivity index (χ1v) is 8.55. The summed E-state index contributed by atoms with van der Waals surface area (Å²) >= 11 is 6.04. The fourth-order valence-electron chi connectivity index (χ4n) is 3.16. The molecule has 0 bridgehead atoms. The fourth-order valence-corrected chi connectivity index (χ4v) is 3.35. The molecule has 2 aromatic rings. The van der Waals surface area contributed by atoms with Crippen LogP contribution in [0.3, 0.4) is 0 Å². The Morgan fingerprint density at radius 3 is 2.46 bits per heavy atom. The Labute approximate surface area is 146 Å². The Hall–Kier alpha value is -2.04. The molecule has 0 spiro atoms. The molecule has 0 saturated heterocycles. The maximum atomic E-state index is 11.9. The summed E-state index contributed by atoms with van der Waals surface area (Å²) in [4.78, 5) is 11.9. The van der Waals surface area contributed by atoms with Crippen molar-refractivity contribution >= 4 is 23.2 Å². The zero-order valence-corrected chi connectivity index (χ0v) is 14.1. The van der Waals surface area contributed by atoms with Gasteiger partial charge in [0.15, 0.2) is 0 Å². The standard InChI is InChI=1S/C19H21ClN2O2/c20-14-3-1-2-12(10-14)13-4-9-18(17(11-13)19(21)24)22-15-5-7-16(23)8-6-15/h1-4,9-11,15-16,22-23H,5-8H2,(H2,21,24). The number of aliphatic hydroxyl groups is 1. The first-order chi connectivity index (χ1) is 11.5. The molecule has 0 unspecified atom stereocenters. The highest BCUT2D eigenvalue weighted by molar-refractivity contribution is 6.30. The van der Waals surface area contributed by atoms with E-state index in [1.165, 1.54) is 0 Å². The summed E-state index contributed by atoms with van der Waals surface area (Å²) in [5, 5.41) is 13.7. The van der Waals surface area contributed by atoms with E-state index in [0.717, 1.165) is 42.5 Å². The Morgan fingerprint density at radius 2 is 1.79 bits per heavy atom. The van der Waals surface area contributed by atoms with E-state index in [1.807, 2.05) is 36.4 Å². The van der Waals surface area contributed by atoms with Crippen molar-refractivity contribution in [2.45, 2.75) is 37.8 Å². The number of carbonyl (C=O) groups is 1. The zero-order chi connectivity index (χ0) is 17.1. The molecule has 2 aromatic carbocycles. The maximum absolute atomic E-state index is 11.9. The predicted molar refractivity (Wildman–Crippen MR) is 97.3 cm³/mol. The Kier molecular flexibility index (Phi) is 5.07. The number of amides is 1. The minimum absolute atomic E-state index is 0.205. The number of hydrogen-bond acceptors (Lipinski definition) is 3. The molecule has 0 heterocycles. The molecule has 3 rings (SSSR count). The molecular weight excluding hydrogens is 324 g/mol. The Balaban J connectivity index is 1.86. The van der Waals surface area contributed by atoms with Gasteiger partial charge in [0, 0.05) is 16.8 Å². The van der Waals surface area contributed by atoms with Crippen LogP contribution in [-0.4, -0.2) is 23.2 Å². The molecule has 4 N–H and O–H groups in total. The molecule has 0 radical (unpaired) electrons. The van der Waals surface area contributed by atoms with Gasteiger partial charge in [0.25, 0.3) is 5.91 Å². The van der Waals surface area contributed by atoms with Crippen molar-refractivity contribution in [1.29, 1.82) is 0 Å². The summed E-state index contributed by atoms with van der Waals surface area (Å²) in [5.41, 5.74) is 8.63. The number of benzene rings is 2. The smallest absolute Gasteiger partial charge is 0.250 e. The lowest BCUT2D eigenvalue weighted by Crippen LogP contribution is -2.29. The molecular formula is C19H21ClN2O2. The molecule has 0 aliphatic heterocycles. The van der Waals surface area contributed by atoms with Gasteiger partial charge in [-0.3, -0.25) is 4.79 Å². The first-order valence-electron chi connectivity index (χ1n) is 8.17. The van der Waals surface area contributed by atoms with Crippen LogP contribution in [0.2, 0.25) is 5.02 Å². The summed E-state index contributed by atoms with van der Waals surface area (Å²) in [6.07, 6.45) is 3.13. The molecule has 24 heavy (non-hydrogen) atoms. The van der Waals surface area contributed by atoms with Crippen LogP contribution in [0.4, 0.5) is 5.69 Å². The predicted octanol–water partition coefficient (Wildman–Crippen LogP) is 3.82. The van der Waals surface area contributed by atoms with E-state index >= 15 is 0 Å². The first kappa shape index (κ1) is 16.8. The van der Waals surface area contributed by atoms with Crippen molar-refractivity contribution in [1.82, 2.24) is 0 Å². The average molecular weight is 345 g/mol. The van der Waals surface area contributed by atoms with Gasteiger partial charge in [-0.15, -0.1) is 0 Å². The molecule has 5 heteroatoms. The molecule has 1 fully saturated rings. The quantitative estimate of drug-likeness (QED) is 0.789. The summed E-state index contributed by atoms with van der Waals surface area (Å²) in [6.45, 7) is 0. The average Bonchev–Trinajstić information content (AvgIpc) is 2.57. The third-order valence-corrected chi connectivity index (χ3v) is 4.73. The SMILES string of the molecule is NC(=O)c1cc(-c2cccc(Cl)c2)ccc1NC1CCC(O)CC1. The van der Waals surface area contributed by atoms with E-state index in [2.05, 4.69) is 5.32 Å². The van der Waals surface area contributed by atoms with Gasteiger partial charge in [-0.05, 0) is 61.1 Å². The van der Waals surface area contributed by atoms with Crippen molar-refractivity contribution in [3.8, 4) is 11.1 Å². The summed E-state index contributed by atoms with van der Waals surface area (Å²) < 4.78 is 0. The molecule has 1 aliphatic carbocycles. The van der Waals surface area contributed by atoms with Crippen LogP contribution in [0.5, 0.6) is 0 Å². The second-order valence-electron chi connectivity index (χ2n) is 6.28. The van der Waals surface area contributed by atoms with Gasteiger partial charge in [0.05, 0.1) is 11.7 Å². The number of anilines is 1. The number of rotatable bonds is 4. The van der Waals surface area contributed by atoms with Gasteiger partial charge < -0.3 is 16.2 Å². The fraction of sp³-hybridized carbons (Fsp3) is 0.316. The van der Waals surface area contributed by atoms with E-state index in [9.17, 15) is 9.90 Å². The highest BCUT2D eigenvalue weighted by atomic mass is 35.5. The summed E-state index contributed by atoms with van der Waals surface area (Å²) in [7, 11) is 0. The van der Waals surface area contributed by atoms with Crippen LogP contribution in [0.15, 0.2) is 42.5 Å². The number of halogens is 1. The third kappa shape index (κ3) is 3.89. The van der Waals surface area contributed by atoms with Crippen molar-refractivity contribution in [3.05, 3.63) is 53.1 Å². The van der Waals surface area contributed by atoms with E-state index in [-0.39, 0.29) is 12.1 Å².